The van der Waals surface area contributed by atoms with Crippen LogP contribution in [0.15, 0.2) is 30.3 Å². The summed E-state index contributed by atoms with van der Waals surface area (Å²) in [6.07, 6.45) is 4.05. The van der Waals surface area contributed by atoms with Gasteiger partial charge in [0.05, 0.1) is 6.42 Å². The van der Waals surface area contributed by atoms with Crippen LogP contribution >= 0.6 is 0 Å². The first-order valence-corrected chi connectivity index (χ1v) is 6.70. The summed E-state index contributed by atoms with van der Waals surface area (Å²) in [5, 5.41) is 8.86. The number of carboxylic acid groups (broad SMARTS) is 1. The summed E-state index contributed by atoms with van der Waals surface area (Å²) in [5.74, 6) is 0.130. The van der Waals surface area contributed by atoms with Gasteiger partial charge in [-0.3, -0.25) is 4.79 Å². The molecule has 0 spiro atoms. The maximum atomic E-state index is 10.8. The van der Waals surface area contributed by atoms with E-state index in [9.17, 15) is 4.79 Å². The molecule has 1 fully saturated rings. The minimum Gasteiger partial charge on any atom is -0.481 e. The first-order valence-electron chi connectivity index (χ1n) is 6.70. The van der Waals surface area contributed by atoms with E-state index in [0.717, 1.165) is 11.6 Å². The van der Waals surface area contributed by atoms with Crippen LogP contribution < -0.4 is 4.90 Å². The summed E-state index contributed by atoms with van der Waals surface area (Å²) < 4.78 is 0. The molecule has 98 valence electrons. The summed E-state index contributed by atoms with van der Waals surface area (Å²) in [6, 6.07) is 10.5. The lowest BCUT2D eigenvalue weighted by Gasteiger charge is -2.31. The van der Waals surface area contributed by atoms with Gasteiger partial charge in [0.1, 0.15) is 0 Å². The number of carbonyl (C=O) groups is 1. The second kappa shape index (κ2) is 5.89. The maximum absolute atomic E-state index is 10.8. The highest BCUT2D eigenvalue weighted by atomic mass is 16.4. The Balaban J connectivity index is 2.03. The molecule has 0 aromatic heterocycles. The van der Waals surface area contributed by atoms with E-state index in [1.807, 2.05) is 18.2 Å². The molecule has 0 heterocycles. The third kappa shape index (κ3) is 3.76. The first kappa shape index (κ1) is 12.9. The zero-order valence-electron chi connectivity index (χ0n) is 10.9. The van der Waals surface area contributed by atoms with E-state index in [0.29, 0.717) is 12.6 Å². The molecule has 1 aliphatic carbocycles. The average Bonchev–Trinajstić information content (AvgIpc) is 3.14. The Bertz CT molecular complexity index is 387. The number of nitrogens with zero attached hydrogens (tertiary/aromatic N) is 1. The molecular weight excluding hydrogens is 226 g/mol. The van der Waals surface area contributed by atoms with Gasteiger partial charge in [-0.15, -0.1) is 0 Å². The van der Waals surface area contributed by atoms with Crippen molar-refractivity contribution < 1.29 is 9.90 Å². The molecule has 0 aliphatic heterocycles. The van der Waals surface area contributed by atoms with E-state index < -0.39 is 5.97 Å². The highest BCUT2D eigenvalue weighted by molar-refractivity contribution is 5.67. The number of hydrogen-bond donors (Lipinski definition) is 1. The lowest BCUT2D eigenvalue weighted by Crippen LogP contribution is -2.35. The summed E-state index contributed by atoms with van der Waals surface area (Å²) in [5.41, 5.74) is 1.13. The van der Waals surface area contributed by atoms with E-state index in [-0.39, 0.29) is 6.42 Å². The van der Waals surface area contributed by atoms with Crippen LogP contribution in [0.5, 0.6) is 0 Å². The molecule has 0 bridgehead atoms. The molecule has 1 atom stereocenters. The van der Waals surface area contributed by atoms with Crippen LogP contribution in [-0.2, 0) is 4.79 Å². The summed E-state index contributed by atoms with van der Waals surface area (Å²) >= 11 is 0. The van der Waals surface area contributed by atoms with Gasteiger partial charge < -0.3 is 10.0 Å². The van der Waals surface area contributed by atoms with Gasteiger partial charge in [0, 0.05) is 18.3 Å². The Morgan fingerprint density at radius 1 is 1.39 bits per heavy atom. The van der Waals surface area contributed by atoms with Crippen molar-refractivity contribution in [2.45, 2.75) is 38.6 Å². The zero-order valence-corrected chi connectivity index (χ0v) is 10.9. The van der Waals surface area contributed by atoms with Gasteiger partial charge in [-0.1, -0.05) is 31.0 Å². The Hall–Kier alpha value is -1.51. The van der Waals surface area contributed by atoms with Crippen LogP contribution in [-0.4, -0.2) is 23.7 Å². The highest BCUT2D eigenvalue weighted by Crippen LogP contribution is 2.35. The number of rotatable bonds is 7. The fraction of sp³-hybridized carbons (Fsp3) is 0.533. The number of anilines is 1. The molecule has 1 unspecified atom stereocenters. The third-order valence-corrected chi connectivity index (χ3v) is 3.56. The first-order chi connectivity index (χ1) is 8.66. The van der Waals surface area contributed by atoms with E-state index >= 15 is 0 Å². The molecule has 1 saturated carbocycles. The third-order valence-electron chi connectivity index (χ3n) is 3.56. The zero-order chi connectivity index (χ0) is 13.0. The quantitative estimate of drug-likeness (QED) is 0.804. The van der Waals surface area contributed by atoms with Crippen molar-refractivity contribution in [2.24, 2.45) is 5.92 Å². The van der Waals surface area contributed by atoms with E-state index in [4.69, 9.17) is 5.11 Å². The number of carboxylic acids is 1. The van der Waals surface area contributed by atoms with Crippen molar-refractivity contribution in [1.82, 2.24) is 0 Å². The Morgan fingerprint density at radius 2 is 2.06 bits per heavy atom. The maximum Gasteiger partial charge on any atom is 0.305 e. The molecular formula is C15H21NO2. The largest absolute Gasteiger partial charge is 0.481 e. The highest BCUT2D eigenvalue weighted by Gasteiger charge is 2.26. The minimum atomic E-state index is -0.727. The van der Waals surface area contributed by atoms with Gasteiger partial charge in [-0.25, -0.2) is 0 Å². The normalized spacial score (nSPS) is 16.3. The molecule has 0 radical (unpaired) electrons. The number of para-hydroxylation sites is 1. The number of benzene rings is 1. The Morgan fingerprint density at radius 3 is 2.61 bits per heavy atom. The van der Waals surface area contributed by atoms with Gasteiger partial charge in [0.2, 0.25) is 0 Å². The van der Waals surface area contributed by atoms with Gasteiger partial charge in [0.25, 0.3) is 0 Å². The summed E-state index contributed by atoms with van der Waals surface area (Å²) in [6.45, 7) is 2.79. The molecule has 2 rings (SSSR count). The molecule has 1 aromatic carbocycles. The topological polar surface area (TPSA) is 40.5 Å². The Labute approximate surface area is 108 Å². The van der Waals surface area contributed by atoms with E-state index in [1.54, 1.807) is 0 Å². The molecule has 1 aromatic rings. The second-order valence-corrected chi connectivity index (χ2v) is 5.20. The number of aliphatic carboxylic acids is 1. The van der Waals surface area contributed by atoms with E-state index in [2.05, 4.69) is 24.0 Å². The summed E-state index contributed by atoms with van der Waals surface area (Å²) in [4.78, 5) is 13.0. The van der Waals surface area contributed by atoms with Gasteiger partial charge in [0.15, 0.2) is 0 Å². The van der Waals surface area contributed by atoms with Crippen LogP contribution in [0.4, 0.5) is 5.69 Å². The van der Waals surface area contributed by atoms with Gasteiger partial charge in [-0.05, 0) is 31.4 Å². The minimum absolute atomic E-state index is 0.198. The van der Waals surface area contributed by atoms with Crippen molar-refractivity contribution >= 4 is 11.7 Å². The molecule has 0 saturated heterocycles. The van der Waals surface area contributed by atoms with Crippen molar-refractivity contribution in [3.8, 4) is 0 Å². The summed E-state index contributed by atoms with van der Waals surface area (Å²) in [7, 11) is 0. The lowest BCUT2D eigenvalue weighted by atomic mass is 10.1. The standard InChI is InChI=1S/C15H21NO2/c1-12(11-13-7-8-13)16(10-9-15(17)18)14-5-3-2-4-6-14/h2-6,12-13H,7-11H2,1H3,(H,17,18). The molecule has 1 N–H and O–H groups in total. The van der Waals surface area contributed by atoms with Crippen molar-refractivity contribution in [1.29, 1.82) is 0 Å². The SMILES string of the molecule is CC(CC1CC1)N(CCC(=O)O)c1ccccc1. The van der Waals surface area contributed by atoms with Crippen LogP contribution in [0.25, 0.3) is 0 Å². The van der Waals surface area contributed by atoms with Crippen LogP contribution in [0.2, 0.25) is 0 Å². The van der Waals surface area contributed by atoms with Crippen molar-refractivity contribution in [2.75, 3.05) is 11.4 Å². The van der Waals surface area contributed by atoms with Crippen LogP contribution in [0, 0.1) is 5.92 Å². The molecule has 18 heavy (non-hydrogen) atoms. The molecule has 3 heteroatoms. The smallest absolute Gasteiger partial charge is 0.305 e. The van der Waals surface area contributed by atoms with Crippen molar-refractivity contribution in [3.63, 3.8) is 0 Å². The molecule has 3 nitrogen and oxygen atoms in total. The second-order valence-electron chi connectivity index (χ2n) is 5.20. The fourth-order valence-electron chi connectivity index (χ4n) is 2.40. The van der Waals surface area contributed by atoms with Gasteiger partial charge in [-0.2, -0.15) is 0 Å². The van der Waals surface area contributed by atoms with Crippen molar-refractivity contribution in [3.05, 3.63) is 30.3 Å². The van der Waals surface area contributed by atoms with Crippen LogP contribution in [0.1, 0.15) is 32.6 Å². The number of hydrogen-bond acceptors (Lipinski definition) is 2. The predicted octanol–water partition coefficient (Wildman–Crippen LogP) is 3.16. The molecule has 1 aliphatic rings. The van der Waals surface area contributed by atoms with E-state index in [1.165, 1.54) is 19.3 Å². The van der Waals surface area contributed by atoms with Gasteiger partial charge >= 0.3 is 5.97 Å². The average molecular weight is 247 g/mol. The predicted molar refractivity (Wildman–Crippen MR) is 72.8 cm³/mol. The lowest BCUT2D eigenvalue weighted by molar-refractivity contribution is -0.136. The molecule has 0 amide bonds. The fourth-order valence-corrected chi connectivity index (χ4v) is 2.40. The van der Waals surface area contributed by atoms with Crippen LogP contribution in [0.3, 0.4) is 0 Å². The Kier molecular flexibility index (Phi) is 4.24. The monoisotopic (exact) mass is 247 g/mol.